The molecule has 0 heterocycles. The van der Waals surface area contributed by atoms with Crippen molar-refractivity contribution in [2.24, 2.45) is 5.73 Å². The van der Waals surface area contributed by atoms with Gasteiger partial charge in [0.05, 0.1) is 12.0 Å². The lowest BCUT2D eigenvalue weighted by molar-refractivity contribution is 0.0662. The van der Waals surface area contributed by atoms with E-state index in [1.54, 1.807) is 0 Å². The highest BCUT2D eigenvalue weighted by Crippen LogP contribution is 2.15. The van der Waals surface area contributed by atoms with Crippen LogP contribution in [0.1, 0.15) is 16.8 Å². The summed E-state index contributed by atoms with van der Waals surface area (Å²) in [5.41, 5.74) is 4.21. The van der Waals surface area contributed by atoms with E-state index in [0.29, 0.717) is 6.07 Å². The number of rotatable bonds is 4. The van der Waals surface area contributed by atoms with Crippen LogP contribution in [-0.4, -0.2) is 18.0 Å². The number of Topliss-reactive ketones (excluding diaryl/α,β-unsaturated/α-hetero) is 1. The number of carbonyl (C=O) groups excluding carboxylic acids is 2. The summed E-state index contributed by atoms with van der Waals surface area (Å²) in [6.07, 6.45) is 2.06. The molecule has 4 nitrogen and oxygen atoms in total. The van der Waals surface area contributed by atoms with Crippen LogP contribution in [0.5, 0.6) is 0 Å². The molecule has 0 aliphatic carbocycles. The Balaban J connectivity index is 3.05. The van der Waals surface area contributed by atoms with E-state index in [0.717, 1.165) is 12.1 Å². The molecule has 1 atom stereocenters. The lowest BCUT2D eigenvalue weighted by Gasteiger charge is -2.13. The first-order chi connectivity index (χ1) is 8.45. The lowest BCUT2D eigenvalue weighted by Crippen LogP contribution is -2.30. The second-order valence-corrected chi connectivity index (χ2v) is 3.32. The molecule has 0 aromatic heterocycles. The number of ether oxygens (including phenoxy) is 1. The number of ketones is 1. The van der Waals surface area contributed by atoms with Crippen molar-refractivity contribution in [3.63, 3.8) is 0 Å². The molecule has 6 heteroatoms. The number of halogens is 2. The molecule has 0 saturated heterocycles. The Bertz CT molecular complexity index is 523. The Morgan fingerprint density at radius 2 is 2.11 bits per heavy atom. The molecule has 0 saturated carbocycles. The van der Waals surface area contributed by atoms with Crippen LogP contribution >= 0.6 is 0 Å². The zero-order valence-corrected chi connectivity index (χ0v) is 9.15. The maximum atomic E-state index is 13.3. The van der Waals surface area contributed by atoms with Gasteiger partial charge in [0.1, 0.15) is 11.6 Å². The highest BCUT2D eigenvalue weighted by molar-refractivity contribution is 6.00. The lowest BCUT2D eigenvalue weighted by atomic mass is 10.0. The summed E-state index contributed by atoms with van der Waals surface area (Å²) in [6, 6.07) is 2.35. The van der Waals surface area contributed by atoms with E-state index in [1.165, 1.54) is 0 Å². The van der Waals surface area contributed by atoms with Crippen LogP contribution in [0.4, 0.5) is 13.6 Å². The number of primary amides is 1. The van der Waals surface area contributed by atoms with E-state index < -0.39 is 35.2 Å². The summed E-state index contributed by atoms with van der Waals surface area (Å²) in [5, 5.41) is 0. The molecule has 0 fully saturated rings. The van der Waals surface area contributed by atoms with E-state index in [1.807, 2.05) is 0 Å². The minimum absolute atomic E-state index is 0.280. The first kappa shape index (κ1) is 13.6. The molecule has 1 aromatic rings. The predicted molar refractivity (Wildman–Crippen MR) is 58.6 cm³/mol. The fourth-order valence-corrected chi connectivity index (χ4v) is 1.29. The third-order valence-electron chi connectivity index (χ3n) is 2.05. The van der Waals surface area contributed by atoms with Gasteiger partial charge < -0.3 is 10.5 Å². The van der Waals surface area contributed by atoms with Gasteiger partial charge in [-0.2, -0.15) is 0 Å². The van der Waals surface area contributed by atoms with Gasteiger partial charge in [-0.25, -0.2) is 13.6 Å². The summed E-state index contributed by atoms with van der Waals surface area (Å²) >= 11 is 0. The van der Waals surface area contributed by atoms with Crippen LogP contribution < -0.4 is 5.73 Å². The number of amides is 1. The second kappa shape index (κ2) is 5.77. The van der Waals surface area contributed by atoms with E-state index >= 15 is 0 Å². The number of terminal acetylenes is 1. The highest BCUT2D eigenvalue weighted by atomic mass is 19.1. The Hall–Kier alpha value is -2.42. The van der Waals surface area contributed by atoms with Gasteiger partial charge in [-0.3, -0.25) is 4.79 Å². The summed E-state index contributed by atoms with van der Waals surface area (Å²) in [4.78, 5) is 22.4. The fourth-order valence-electron chi connectivity index (χ4n) is 1.29. The molecule has 18 heavy (non-hydrogen) atoms. The summed E-state index contributed by atoms with van der Waals surface area (Å²) < 4.78 is 30.7. The molecule has 1 unspecified atom stereocenters. The van der Waals surface area contributed by atoms with Crippen LogP contribution in [0.3, 0.4) is 0 Å². The van der Waals surface area contributed by atoms with Crippen LogP contribution in [0.2, 0.25) is 0 Å². The number of carbonyl (C=O) groups is 2. The average Bonchev–Trinajstić information content (AvgIpc) is 2.30. The van der Waals surface area contributed by atoms with Crippen molar-refractivity contribution in [2.75, 3.05) is 0 Å². The summed E-state index contributed by atoms with van der Waals surface area (Å²) in [5.74, 6) is -0.580. The van der Waals surface area contributed by atoms with Gasteiger partial charge in [-0.05, 0) is 18.2 Å². The predicted octanol–water partition coefficient (Wildman–Crippen LogP) is 1.63. The molecular weight excluding hydrogens is 244 g/mol. The molecule has 0 spiro atoms. The van der Waals surface area contributed by atoms with Crippen molar-refractivity contribution in [1.29, 1.82) is 0 Å². The standard InChI is InChI=1S/C12H9F2NO3/c1-2-3-10(18-12(15)17)11(16)8-6-7(13)4-5-9(8)14/h1,4-6,10H,3H2,(H2,15,17). The first-order valence-electron chi connectivity index (χ1n) is 4.84. The average molecular weight is 253 g/mol. The van der Waals surface area contributed by atoms with Gasteiger partial charge in [0.2, 0.25) is 5.78 Å². The Morgan fingerprint density at radius 3 is 2.67 bits per heavy atom. The smallest absolute Gasteiger partial charge is 0.405 e. The molecule has 0 radical (unpaired) electrons. The second-order valence-electron chi connectivity index (χ2n) is 3.32. The molecule has 0 bridgehead atoms. The van der Waals surface area contributed by atoms with Gasteiger partial charge >= 0.3 is 6.09 Å². The summed E-state index contributed by atoms with van der Waals surface area (Å²) in [6.45, 7) is 0. The zero-order chi connectivity index (χ0) is 13.7. The van der Waals surface area contributed by atoms with Gasteiger partial charge in [0.25, 0.3) is 0 Å². The first-order valence-corrected chi connectivity index (χ1v) is 4.84. The van der Waals surface area contributed by atoms with Crippen LogP contribution in [0.15, 0.2) is 18.2 Å². The molecular formula is C12H9F2NO3. The van der Waals surface area contributed by atoms with Gasteiger partial charge in [0.15, 0.2) is 6.10 Å². The Labute approximate surface area is 102 Å². The van der Waals surface area contributed by atoms with Crippen LogP contribution in [0.25, 0.3) is 0 Å². The topological polar surface area (TPSA) is 69.4 Å². The van der Waals surface area contributed by atoms with Crippen molar-refractivity contribution in [2.45, 2.75) is 12.5 Å². The molecule has 0 aliphatic heterocycles. The van der Waals surface area contributed by atoms with Crippen molar-refractivity contribution in [3.05, 3.63) is 35.4 Å². The van der Waals surface area contributed by atoms with E-state index in [4.69, 9.17) is 12.2 Å². The molecule has 0 aliphatic rings. The minimum Gasteiger partial charge on any atom is -0.437 e. The van der Waals surface area contributed by atoms with Crippen molar-refractivity contribution >= 4 is 11.9 Å². The zero-order valence-electron chi connectivity index (χ0n) is 9.15. The molecule has 1 aromatic carbocycles. The molecule has 94 valence electrons. The largest absolute Gasteiger partial charge is 0.437 e. The van der Waals surface area contributed by atoms with Crippen molar-refractivity contribution in [3.8, 4) is 12.3 Å². The SMILES string of the molecule is C#CCC(OC(N)=O)C(=O)c1cc(F)ccc1F. The molecule has 2 N–H and O–H groups in total. The quantitative estimate of drug-likeness (QED) is 0.655. The normalized spacial score (nSPS) is 11.4. The number of hydrogen-bond donors (Lipinski definition) is 1. The van der Waals surface area contributed by atoms with Gasteiger partial charge in [-0.1, -0.05) is 0 Å². The van der Waals surface area contributed by atoms with E-state index in [-0.39, 0.29) is 6.42 Å². The Morgan fingerprint density at radius 1 is 1.44 bits per heavy atom. The maximum absolute atomic E-state index is 13.3. The fraction of sp³-hybridized carbons (Fsp3) is 0.167. The monoisotopic (exact) mass is 253 g/mol. The Kier molecular flexibility index (Phi) is 4.38. The van der Waals surface area contributed by atoms with E-state index in [9.17, 15) is 18.4 Å². The van der Waals surface area contributed by atoms with Crippen LogP contribution in [-0.2, 0) is 4.74 Å². The van der Waals surface area contributed by atoms with Crippen molar-refractivity contribution < 1.29 is 23.1 Å². The number of hydrogen-bond acceptors (Lipinski definition) is 3. The number of nitrogens with two attached hydrogens (primary N) is 1. The summed E-state index contributed by atoms with van der Waals surface area (Å²) in [7, 11) is 0. The van der Waals surface area contributed by atoms with Gasteiger partial charge in [0, 0.05) is 0 Å². The minimum atomic E-state index is -1.43. The van der Waals surface area contributed by atoms with Gasteiger partial charge in [-0.15, -0.1) is 12.3 Å². The third kappa shape index (κ3) is 3.28. The molecule has 1 amide bonds. The maximum Gasteiger partial charge on any atom is 0.405 e. The third-order valence-corrected chi connectivity index (χ3v) is 2.05. The van der Waals surface area contributed by atoms with E-state index in [2.05, 4.69) is 10.7 Å². The van der Waals surface area contributed by atoms with Crippen molar-refractivity contribution in [1.82, 2.24) is 0 Å². The van der Waals surface area contributed by atoms with Crippen LogP contribution in [0, 0.1) is 24.0 Å². The molecule has 1 rings (SSSR count). The highest BCUT2D eigenvalue weighted by Gasteiger charge is 2.25. The number of benzene rings is 1.